The van der Waals surface area contributed by atoms with Crippen molar-refractivity contribution in [3.05, 3.63) is 23.8 Å². The fourth-order valence-electron chi connectivity index (χ4n) is 1.91. The molecule has 1 atom stereocenters. The molecule has 0 aromatic heterocycles. The fraction of sp³-hybridized carbons (Fsp3) is 0.467. The molecule has 0 fully saturated rings. The minimum atomic E-state index is -1.04. The molecule has 6 nitrogen and oxygen atoms in total. The molecule has 0 aliphatic heterocycles. The van der Waals surface area contributed by atoms with Crippen LogP contribution >= 0.6 is 0 Å². The summed E-state index contributed by atoms with van der Waals surface area (Å²) in [4.78, 5) is 23.1. The first-order valence-corrected chi connectivity index (χ1v) is 6.62. The standard InChI is InChI=1S/C15H21NO5/c1-9(2)14(15(18)19)16-13(17)7-10-5-6-11(20-3)8-12(10)21-4/h5-6,8-9,14H,7H2,1-4H3,(H,16,17)(H,18,19)/t14-/m1/s1. The molecule has 0 aliphatic carbocycles. The van der Waals surface area contributed by atoms with E-state index in [1.54, 1.807) is 39.2 Å². The third-order valence-corrected chi connectivity index (χ3v) is 3.09. The minimum Gasteiger partial charge on any atom is -0.497 e. The third kappa shape index (κ3) is 4.66. The van der Waals surface area contributed by atoms with Crippen LogP contribution in [0.5, 0.6) is 11.5 Å². The molecule has 1 aromatic rings. The van der Waals surface area contributed by atoms with Crippen LogP contribution < -0.4 is 14.8 Å². The maximum absolute atomic E-state index is 12.0. The van der Waals surface area contributed by atoms with Gasteiger partial charge in [0.05, 0.1) is 20.6 Å². The number of hydrogen-bond donors (Lipinski definition) is 2. The monoisotopic (exact) mass is 295 g/mol. The molecule has 0 heterocycles. The van der Waals surface area contributed by atoms with Crippen LogP contribution in [0.3, 0.4) is 0 Å². The second kappa shape index (κ2) is 7.52. The average Bonchev–Trinajstić information content (AvgIpc) is 2.44. The molecule has 21 heavy (non-hydrogen) atoms. The number of amides is 1. The first kappa shape index (κ1) is 16.8. The van der Waals surface area contributed by atoms with Crippen LogP contribution in [-0.4, -0.2) is 37.2 Å². The lowest BCUT2D eigenvalue weighted by Crippen LogP contribution is -2.44. The van der Waals surface area contributed by atoms with E-state index >= 15 is 0 Å². The minimum absolute atomic E-state index is 0.0453. The van der Waals surface area contributed by atoms with Crippen LogP contribution in [0, 0.1) is 5.92 Å². The van der Waals surface area contributed by atoms with E-state index in [1.807, 2.05) is 0 Å². The second-order valence-corrected chi connectivity index (χ2v) is 4.98. The second-order valence-electron chi connectivity index (χ2n) is 4.98. The van der Waals surface area contributed by atoms with Crippen LogP contribution in [-0.2, 0) is 16.0 Å². The lowest BCUT2D eigenvalue weighted by atomic mass is 10.0. The Kier molecular flexibility index (Phi) is 6.02. The molecule has 6 heteroatoms. The van der Waals surface area contributed by atoms with Gasteiger partial charge in [-0.25, -0.2) is 4.79 Å². The summed E-state index contributed by atoms with van der Waals surface area (Å²) >= 11 is 0. The van der Waals surface area contributed by atoms with Crippen LogP contribution in [0.15, 0.2) is 18.2 Å². The van der Waals surface area contributed by atoms with E-state index in [-0.39, 0.29) is 18.2 Å². The number of carbonyl (C=O) groups is 2. The van der Waals surface area contributed by atoms with E-state index in [1.165, 1.54) is 7.11 Å². The molecule has 1 aromatic carbocycles. The Morgan fingerprint density at radius 1 is 1.24 bits per heavy atom. The quantitative estimate of drug-likeness (QED) is 0.795. The van der Waals surface area contributed by atoms with Crippen molar-refractivity contribution in [3.63, 3.8) is 0 Å². The van der Waals surface area contributed by atoms with Gasteiger partial charge < -0.3 is 19.9 Å². The van der Waals surface area contributed by atoms with Crippen LogP contribution in [0.2, 0.25) is 0 Å². The van der Waals surface area contributed by atoms with Gasteiger partial charge in [0, 0.05) is 11.6 Å². The Balaban J connectivity index is 2.81. The molecule has 0 spiro atoms. The number of carbonyl (C=O) groups excluding carboxylic acids is 1. The number of carboxylic acids is 1. The summed E-state index contributed by atoms with van der Waals surface area (Å²) in [6.07, 6.45) is 0.0453. The van der Waals surface area contributed by atoms with E-state index in [0.717, 1.165) is 0 Å². The summed E-state index contributed by atoms with van der Waals surface area (Å²) < 4.78 is 10.3. The van der Waals surface area contributed by atoms with Crippen molar-refractivity contribution >= 4 is 11.9 Å². The molecule has 1 amide bonds. The Morgan fingerprint density at radius 2 is 1.90 bits per heavy atom. The highest BCUT2D eigenvalue weighted by Gasteiger charge is 2.23. The molecule has 0 radical (unpaired) electrons. The van der Waals surface area contributed by atoms with E-state index in [2.05, 4.69) is 5.32 Å². The van der Waals surface area contributed by atoms with Gasteiger partial charge in [0.15, 0.2) is 0 Å². The van der Waals surface area contributed by atoms with Crippen LogP contribution in [0.4, 0.5) is 0 Å². The van der Waals surface area contributed by atoms with Crippen LogP contribution in [0.25, 0.3) is 0 Å². The molecule has 2 N–H and O–H groups in total. The molecule has 0 unspecified atom stereocenters. The first-order valence-electron chi connectivity index (χ1n) is 6.62. The normalized spacial score (nSPS) is 11.9. The lowest BCUT2D eigenvalue weighted by Gasteiger charge is -2.18. The number of ether oxygens (including phenoxy) is 2. The number of carboxylic acid groups (broad SMARTS) is 1. The van der Waals surface area contributed by atoms with Crippen molar-refractivity contribution in [1.29, 1.82) is 0 Å². The predicted molar refractivity (Wildman–Crippen MR) is 77.7 cm³/mol. The highest BCUT2D eigenvalue weighted by atomic mass is 16.5. The van der Waals surface area contributed by atoms with Gasteiger partial charge in [0.1, 0.15) is 17.5 Å². The molecule has 0 bridgehead atoms. The zero-order chi connectivity index (χ0) is 16.0. The van der Waals surface area contributed by atoms with E-state index in [9.17, 15) is 9.59 Å². The number of rotatable bonds is 7. The summed E-state index contributed by atoms with van der Waals surface area (Å²) in [6, 6.07) is 4.23. The van der Waals surface area contributed by atoms with Gasteiger partial charge >= 0.3 is 5.97 Å². The van der Waals surface area contributed by atoms with E-state index < -0.39 is 12.0 Å². The number of methoxy groups -OCH3 is 2. The van der Waals surface area contributed by atoms with Gasteiger partial charge in [-0.15, -0.1) is 0 Å². The maximum atomic E-state index is 12.0. The molecular weight excluding hydrogens is 274 g/mol. The number of hydrogen-bond acceptors (Lipinski definition) is 4. The molecule has 116 valence electrons. The van der Waals surface area contributed by atoms with E-state index in [4.69, 9.17) is 14.6 Å². The lowest BCUT2D eigenvalue weighted by molar-refractivity contribution is -0.143. The zero-order valence-corrected chi connectivity index (χ0v) is 12.7. The number of nitrogens with one attached hydrogen (secondary N) is 1. The summed E-state index contributed by atoms with van der Waals surface area (Å²) in [5.41, 5.74) is 0.670. The highest BCUT2D eigenvalue weighted by Crippen LogP contribution is 2.24. The van der Waals surface area contributed by atoms with Crippen molar-refractivity contribution in [1.82, 2.24) is 5.32 Å². The summed E-state index contributed by atoms with van der Waals surface area (Å²) in [7, 11) is 3.05. The van der Waals surface area contributed by atoms with Crippen molar-refractivity contribution in [2.24, 2.45) is 5.92 Å². The molecule has 0 aliphatic rings. The van der Waals surface area contributed by atoms with E-state index in [0.29, 0.717) is 17.1 Å². The predicted octanol–water partition coefficient (Wildman–Crippen LogP) is 1.47. The Morgan fingerprint density at radius 3 is 2.38 bits per heavy atom. The summed E-state index contributed by atoms with van der Waals surface area (Å²) in [5, 5.41) is 11.6. The SMILES string of the molecule is COc1ccc(CC(=O)N[C@@H](C(=O)O)C(C)C)c(OC)c1. The van der Waals surface area contributed by atoms with Crippen molar-refractivity contribution < 1.29 is 24.2 Å². The van der Waals surface area contributed by atoms with Crippen molar-refractivity contribution in [2.75, 3.05) is 14.2 Å². The Bertz CT molecular complexity index is 513. The van der Waals surface area contributed by atoms with Crippen LogP contribution in [0.1, 0.15) is 19.4 Å². The molecule has 1 rings (SSSR count). The smallest absolute Gasteiger partial charge is 0.326 e. The van der Waals surface area contributed by atoms with Gasteiger partial charge in [-0.1, -0.05) is 19.9 Å². The molecule has 0 saturated heterocycles. The zero-order valence-electron chi connectivity index (χ0n) is 12.7. The fourth-order valence-corrected chi connectivity index (χ4v) is 1.91. The van der Waals surface area contributed by atoms with Gasteiger partial charge in [0.2, 0.25) is 5.91 Å². The molecular formula is C15H21NO5. The average molecular weight is 295 g/mol. The largest absolute Gasteiger partial charge is 0.497 e. The topological polar surface area (TPSA) is 84.9 Å². The summed E-state index contributed by atoms with van der Waals surface area (Å²) in [6.45, 7) is 3.49. The summed E-state index contributed by atoms with van der Waals surface area (Å²) in [5.74, 6) is -0.439. The maximum Gasteiger partial charge on any atom is 0.326 e. The van der Waals surface area contributed by atoms with Crippen molar-refractivity contribution in [3.8, 4) is 11.5 Å². The van der Waals surface area contributed by atoms with Gasteiger partial charge in [0.25, 0.3) is 0 Å². The van der Waals surface area contributed by atoms with Gasteiger partial charge in [-0.05, 0) is 12.0 Å². The van der Waals surface area contributed by atoms with Gasteiger partial charge in [-0.2, -0.15) is 0 Å². The first-order chi connectivity index (χ1) is 9.88. The Labute approximate surface area is 124 Å². The number of aliphatic carboxylic acids is 1. The molecule has 0 saturated carbocycles. The van der Waals surface area contributed by atoms with Crippen molar-refractivity contribution in [2.45, 2.75) is 26.3 Å². The highest BCUT2D eigenvalue weighted by molar-refractivity contribution is 5.85. The Hall–Kier alpha value is -2.24. The third-order valence-electron chi connectivity index (χ3n) is 3.09. The van der Waals surface area contributed by atoms with Gasteiger partial charge in [-0.3, -0.25) is 4.79 Å². The number of benzene rings is 1.